The fourth-order valence-electron chi connectivity index (χ4n) is 5.63. The van der Waals surface area contributed by atoms with Crippen molar-refractivity contribution in [3.63, 3.8) is 0 Å². The summed E-state index contributed by atoms with van der Waals surface area (Å²) in [6.07, 6.45) is 12.8. The first-order valence-corrected chi connectivity index (χ1v) is 10.3. The van der Waals surface area contributed by atoms with Gasteiger partial charge in [0.05, 0.1) is 6.04 Å². The molecule has 1 aliphatic carbocycles. The lowest BCUT2D eigenvalue weighted by atomic mass is 9.79. The van der Waals surface area contributed by atoms with E-state index in [9.17, 15) is 4.79 Å². The third-order valence-corrected chi connectivity index (χ3v) is 7.00. The summed E-state index contributed by atoms with van der Waals surface area (Å²) in [5, 5.41) is 0. The molecule has 2 unspecified atom stereocenters. The van der Waals surface area contributed by atoms with Gasteiger partial charge in [0.1, 0.15) is 5.60 Å². The molecule has 0 N–H and O–H groups in total. The average molecular weight is 341 g/mol. The van der Waals surface area contributed by atoms with Crippen molar-refractivity contribution < 1.29 is 9.53 Å². The normalized spacial score (nSPS) is 38.9. The summed E-state index contributed by atoms with van der Waals surface area (Å²) >= 11 is 0. The lowest BCUT2D eigenvalue weighted by molar-refractivity contribution is -0.151. The Morgan fingerprint density at radius 3 is 2.80 bits per heavy atom. The van der Waals surface area contributed by atoms with E-state index in [0.29, 0.717) is 12.1 Å². The van der Waals surface area contributed by atoms with Gasteiger partial charge in [-0.3, -0.25) is 4.90 Å². The van der Waals surface area contributed by atoms with Gasteiger partial charge in [0.2, 0.25) is 0 Å². The number of hydrogen-bond donors (Lipinski definition) is 0. The first kappa shape index (κ1) is 17.2. The third-order valence-electron chi connectivity index (χ3n) is 7.00. The molecular weight excluding hydrogens is 310 g/mol. The van der Waals surface area contributed by atoms with Crippen molar-refractivity contribution in [1.29, 1.82) is 0 Å². The zero-order chi connectivity index (χ0) is 17.4. The van der Waals surface area contributed by atoms with Crippen LogP contribution in [-0.2, 0) is 9.53 Å². The Balaban J connectivity index is 1.61. The molecule has 0 aromatic heterocycles. The smallest absolute Gasteiger partial charge is 0.331 e. The second-order valence-corrected chi connectivity index (χ2v) is 8.69. The number of rotatable bonds is 1. The van der Waals surface area contributed by atoms with Crippen LogP contribution in [0.2, 0.25) is 0 Å². The minimum atomic E-state index is -0.477. The number of carbonyl (C=O) groups excluding carboxylic acids is 1. The maximum absolute atomic E-state index is 12.1. The van der Waals surface area contributed by atoms with Crippen LogP contribution >= 0.6 is 0 Å². The molecule has 0 aromatic rings. The molecule has 0 spiro atoms. The van der Waals surface area contributed by atoms with Crippen molar-refractivity contribution >= 4 is 5.97 Å². The molecule has 0 amide bonds. The molecule has 1 saturated carbocycles. The summed E-state index contributed by atoms with van der Waals surface area (Å²) in [6.45, 7) is 5.58. The van der Waals surface area contributed by atoms with Gasteiger partial charge in [-0.1, -0.05) is 25.2 Å². The van der Waals surface area contributed by atoms with Gasteiger partial charge in [-0.25, -0.2) is 4.79 Å². The Morgan fingerprint density at radius 2 is 2.00 bits per heavy atom. The maximum Gasteiger partial charge on any atom is 0.331 e. The Kier molecular flexibility index (Phi) is 4.67. The van der Waals surface area contributed by atoms with Crippen molar-refractivity contribution in [2.75, 3.05) is 6.54 Å². The highest BCUT2D eigenvalue weighted by atomic mass is 16.6. The number of ether oxygens (including phenoxy) is 1. The largest absolute Gasteiger partial charge is 0.450 e. The van der Waals surface area contributed by atoms with Crippen molar-refractivity contribution in [2.45, 2.75) is 89.3 Å². The van der Waals surface area contributed by atoms with Gasteiger partial charge in [-0.05, 0) is 64.0 Å². The quantitative estimate of drug-likeness (QED) is 0.532. The molecule has 4 aliphatic rings. The maximum atomic E-state index is 12.1. The van der Waals surface area contributed by atoms with E-state index in [4.69, 9.17) is 4.74 Å². The Labute approximate surface area is 152 Å². The van der Waals surface area contributed by atoms with Gasteiger partial charge in [0.25, 0.3) is 0 Å². The van der Waals surface area contributed by atoms with Crippen molar-refractivity contribution in [1.82, 2.24) is 4.90 Å². The zero-order valence-corrected chi connectivity index (χ0v) is 15.7. The van der Waals surface area contributed by atoms with Crippen molar-refractivity contribution in [3.05, 3.63) is 11.6 Å². The number of carbonyl (C=O) groups is 1. The molecule has 3 heteroatoms. The van der Waals surface area contributed by atoms with Crippen LogP contribution in [0, 0.1) is 23.7 Å². The highest BCUT2D eigenvalue weighted by molar-refractivity contribution is 5.87. The highest BCUT2D eigenvalue weighted by Gasteiger charge is 2.53. The van der Waals surface area contributed by atoms with Crippen LogP contribution in [0.3, 0.4) is 0 Å². The van der Waals surface area contributed by atoms with E-state index in [-0.39, 0.29) is 11.9 Å². The molecule has 0 radical (unpaired) electrons. The minimum Gasteiger partial charge on any atom is -0.450 e. The first-order valence-electron chi connectivity index (χ1n) is 10.3. The molecule has 0 bridgehead atoms. The van der Waals surface area contributed by atoms with E-state index in [1.54, 1.807) is 6.08 Å². The van der Waals surface area contributed by atoms with Crippen LogP contribution in [0.1, 0.15) is 71.6 Å². The molecular formula is C22H31NO2. The Morgan fingerprint density at radius 1 is 1.24 bits per heavy atom. The molecule has 0 aromatic carbocycles. The fourth-order valence-corrected chi connectivity index (χ4v) is 5.63. The van der Waals surface area contributed by atoms with Gasteiger partial charge in [0.15, 0.2) is 0 Å². The lowest BCUT2D eigenvalue weighted by Gasteiger charge is -2.45. The van der Waals surface area contributed by atoms with Crippen LogP contribution in [0.25, 0.3) is 0 Å². The minimum absolute atomic E-state index is 0.165. The van der Waals surface area contributed by atoms with Gasteiger partial charge in [-0.2, -0.15) is 0 Å². The van der Waals surface area contributed by atoms with Crippen LogP contribution < -0.4 is 0 Å². The molecule has 3 fully saturated rings. The van der Waals surface area contributed by atoms with Crippen molar-refractivity contribution in [3.8, 4) is 11.8 Å². The lowest BCUT2D eigenvalue weighted by Crippen LogP contribution is -2.55. The van der Waals surface area contributed by atoms with E-state index in [0.717, 1.165) is 37.3 Å². The van der Waals surface area contributed by atoms with Gasteiger partial charge in [0, 0.05) is 24.5 Å². The summed E-state index contributed by atoms with van der Waals surface area (Å²) in [5.41, 5.74) is 0.673. The van der Waals surface area contributed by atoms with Gasteiger partial charge in [-0.15, -0.1) is 5.92 Å². The summed E-state index contributed by atoms with van der Waals surface area (Å²) in [6, 6.07) is 0.814. The molecule has 4 atom stereocenters. The van der Waals surface area contributed by atoms with E-state index >= 15 is 0 Å². The molecule has 136 valence electrons. The number of hydrogen-bond acceptors (Lipinski definition) is 3. The number of esters is 1. The van der Waals surface area contributed by atoms with E-state index in [1.165, 1.54) is 38.5 Å². The second kappa shape index (κ2) is 6.80. The Hall–Kier alpha value is -1.27. The van der Waals surface area contributed by atoms with Crippen LogP contribution in [0.15, 0.2) is 11.6 Å². The molecule has 4 rings (SSSR count). The number of fused-ring (bicyclic) bond motifs is 3. The topological polar surface area (TPSA) is 29.5 Å². The average Bonchev–Trinajstić information content (AvgIpc) is 3.20. The molecule has 2 saturated heterocycles. The van der Waals surface area contributed by atoms with E-state index < -0.39 is 5.60 Å². The summed E-state index contributed by atoms with van der Waals surface area (Å²) in [7, 11) is 0. The summed E-state index contributed by atoms with van der Waals surface area (Å²) in [5.74, 6) is 7.86. The first-order chi connectivity index (χ1) is 12.1. The van der Waals surface area contributed by atoms with Crippen molar-refractivity contribution in [2.24, 2.45) is 11.8 Å². The number of piperidine rings is 1. The third kappa shape index (κ3) is 3.14. The van der Waals surface area contributed by atoms with Gasteiger partial charge >= 0.3 is 5.97 Å². The fraction of sp³-hybridized carbons (Fsp3) is 0.773. The zero-order valence-electron chi connectivity index (χ0n) is 15.7. The van der Waals surface area contributed by atoms with Gasteiger partial charge < -0.3 is 4.74 Å². The summed E-state index contributed by atoms with van der Waals surface area (Å²) < 4.78 is 5.92. The summed E-state index contributed by atoms with van der Waals surface area (Å²) in [4.78, 5) is 14.7. The highest BCUT2D eigenvalue weighted by Crippen LogP contribution is 2.46. The predicted octanol–water partition coefficient (Wildman–Crippen LogP) is 4.07. The monoisotopic (exact) mass is 341 g/mol. The molecule has 25 heavy (non-hydrogen) atoms. The number of nitrogens with zero attached hydrogens (tertiary/aromatic N) is 1. The van der Waals surface area contributed by atoms with E-state index in [2.05, 4.69) is 30.6 Å². The molecule has 3 nitrogen and oxygen atoms in total. The standard InChI is InChI=1S/C22H31NO2/c1-16-14-18(11-7-10-17-8-3-4-9-17)19-15-21(24)25-22(19,2)20-12-5-6-13-23(16)20/h15-18,20H,3-6,8-10,12-14H2,1-2H3/t16-,18?,20?,22-/m0/s1. The Bertz CT molecular complexity index is 622. The predicted molar refractivity (Wildman–Crippen MR) is 98.8 cm³/mol. The van der Waals surface area contributed by atoms with Crippen LogP contribution in [0.4, 0.5) is 0 Å². The SMILES string of the molecule is C[C@H]1CC(C#CCC2CCCC2)C2=CC(=O)O[C@]2(C)C2CCCCN21. The molecule has 3 heterocycles. The molecule has 3 aliphatic heterocycles. The van der Waals surface area contributed by atoms with Crippen LogP contribution in [0.5, 0.6) is 0 Å². The second-order valence-electron chi connectivity index (χ2n) is 8.69. The van der Waals surface area contributed by atoms with E-state index in [1.807, 2.05) is 0 Å². The van der Waals surface area contributed by atoms with Crippen LogP contribution in [-0.4, -0.2) is 35.1 Å².